The van der Waals surface area contributed by atoms with Crippen LogP contribution in [0.4, 0.5) is 5.82 Å². The summed E-state index contributed by atoms with van der Waals surface area (Å²) in [5.74, 6) is 1.56. The number of hydrogen-bond acceptors (Lipinski definition) is 5. The Labute approximate surface area is 209 Å². The molecule has 36 heavy (non-hydrogen) atoms. The van der Waals surface area contributed by atoms with E-state index in [0.717, 1.165) is 54.3 Å². The predicted octanol–water partition coefficient (Wildman–Crippen LogP) is 4.91. The van der Waals surface area contributed by atoms with Crippen molar-refractivity contribution in [1.82, 2.24) is 29.8 Å². The van der Waals surface area contributed by atoms with Gasteiger partial charge in [0, 0.05) is 55.8 Å². The number of aryl methyl sites for hydroxylation is 3. The molecule has 0 unspecified atom stereocenters. The van der Waals surface area contributed by atoms with Gasteiger partial charge in [-0.1, -0.05) is 36.4 Å². The van der Waals surface area contributed by atoms with E-state index < -0.39 is 0 Å². The summed E-state index contributed by atoms with van der Waals surface area (Å²) in [6.45, 7) is 2.91. The van der Waals surface area contributed by atoms with Crippen LogP contribution < -0.4 is 5.32 Å². The standard InChI is InChI=1S/C28H28N8/c1-3-36-13-12-27(34-36)32-26-9-5-8-23-21(16-29-26)10-11-24-28(23)25(35(2)33-24)15-19-6-4-7-20(14-19)22-17-30-31-18-22/h4-9,12-14,16-18H,3,10-11,15H2,1-2H3,(H,30,31)(H,29,32,34). The highest BCUT2D eigenvalue weighted by Gasteiger charge is 2.25. The molecule has 2 N–H and O–H groups in total. The molecule has 180 valence electrons. The van der Waals surface area contributed by atoms with Gasteiger partial charge in [0.15, 0.2) is 5.82 Å². The molecule has 8 nitrogen and oxygen atoms in total. The maximum absolute atomic E-state index is 4.90. The minimum atomic E-state index is 0.771. The van der Waals surface area contributed by atoms with Crippen molar-refractivity contribution in [3.8, 4) is 11.1 Å². The van der Waals surface area contributed by atoms with Gasteiger partial charge in [0.1, 0.15) is 5.82 Å². The molecule has 8 heteroatoms. The van der Waals surface area contributed by atoms with Crippen LogP contribution in [0, 0.1) is 0 Å². The highest BCUT2D eigenvalue weighted by Crippen LogP contribution is 2.35. The van der Waals surface area contributed by atoms with Gasteiger partial charge >= 0.3 is 0 Å². The number of allylic oxidation sites excluding steroid dienone is 5. The van der Waals surface area contributed by atoms with Crippen molar-refractivity contribution in [2.24, 2.45) is 12.0 Å². The first-order chi connectivity index (χ1) is 17.7. The number of benzene rings is 1. The zero-order chi connectivity index (χ0) is 24.5. The van der Waals surface area contributed by atoms with Gasteiger partial charge in [-0.05, 0) is 48.1 Å². The van der Waals surface area contributed by atoms with Crippen molar-refractivity contribution < 1.29 is 0 Å². The summed E-state index contributed by atoms with van der Waals surface area (Å²) in [7, 11) is 2.05. The smallest absolute Gasteiger partial charge is 0.153 e. The van der Waals surface area contributed by atoms with Crippen molar-refractivity contribution >= 4 is 17.6 Å². The zero-order valence-corrected chi connectivity index (χ0v) is 20.4. The maximum Gasteiger partial charge on any atom is 0.153 e. The Bertz CT molecular complexity index is 1530. The van der Waals surface area contributed by atoms with E-state index >= 15 is 0 Å². The van der Waals surface area contributed by atoms with Gasteiger partial charge in [-0.3, -0.25) is 14.5 Å². The molecular weight excluding hydrogens is 448 g/mol. The van der Waals surface area contributed by atoms with Crippen LogP contribution in [0.2, 0.25) is 0 Å². The average Bonchev–Trinajstić information content (AvgIpc) is 3.63. The lowest BCUT2D eigenvalue weighted by atomic mass is 9.86. The fourth-order valence-electron chi connectivity index (χ4n) is 4.88. The first kappa shape index (κ1) is 22.0. The Morgan fingerprint density at radius 3 is 2.89 bits per heavy atom. The third kappa shape index (κ3) is 4.22. The SMILES string of the molecule is CCn1ccc(NC2=C/C=C/C3=C(/C=N\2)CCc2nn(C)c(Cc4cccc(-c5cn[nH]c5)c4)c23)n1. The molecule has 0 bridgehead atoms. The Morgan fingerprint density at radius 1 is 1.11 bits per heavy atom. The molecule has 0 amide bonds. The topological polar surface area (TPSA) is 88.7 Å². The van der Waals surface area contributed by atoms with Crippen molar-refractivity contribution in [1.29, 1.82) is 0 Å². The Hall–Kier alpha value is -4.46. The van der Waals surface area contributed by atoms with Gasteiger partial charge < -0.3 is 5.32 Å². The van der Waals surface area contributed by atoms with E-state index in [1.54, 1.807) is 0 Å². The largest absolute Gasteiger partial charge is 0.323 e. The van der Waals surface area contributed by atoms with E-state index in [2.05, 4.69) is 64.0 Å². The van der Waals surface area contributed by atoms with Crippen LogP contribution >= 0.6 is 0 Å². The summed E-state index contributed by atoms with van der Waals surface area (Å²) >= 11 is 0. The number of nitrogens with one attached hydrogen (secondary N) is 2. The summed E-state index contributed by atoms with van der Waals surface area (Å²) in [6, 6.07) is 10.6. The molecule has 0 saturated carbocycles. The van der Waals surface area contributed by atoms with Crippen LogP contribution in [0.15, 0.2) is 83.5 Å². The molecule has 6 rings (SSSR count). The third-order valence-electron chi connectivity index (χ3n) is 6.71. The first-order valence-corrected chi connectivity index (χ1v) is 12.3. The van der Waals surface area contributed by atoms with Crippen molar-refractivity contribution in [2.75, 3.05) is 5.32 Å². The summed E-state index contributed by atoms with van der Waals surface area (Å²) in [5.41, 5.74) is 9.53. The summed E-state index contributed by atoms with van der Waals surface area (Å²) in [6.07, 6.45) is 16.6. The number of fused-ring (bicyclic) bond motifs is 2. The summed E-state index contributed by atoms with van der Waals surface area (Å²) < 4.78 is 3.94. The van der Waals surface area contributed by atoms with E-state index in [9.17, 15) is 0 Å². The fraction of sp³-hybridized carbons (Fsp3) is 0.214. The number of aromatic amines is 1. The van der Waals surface area contributed by atoms with E-state index in [4.69, 9.17) is 10.1 Å². The fourth-order valence-corrected chi connectivity index (χ4v) is 4.88. The average molecular weight is 477 g/mol. The molecule has 1 aliphatic carbocycles. The summed E-state index contributed by atoms with van der Waals surface area (Å²) in [5, 5.41) is 19.7. The normalized spacial score (nSPS) is 18.0. The molecule has 4 aromatic rings. The van der Waals surface area contributed by atoms with Crippen LogP contribution in [0.5, 0.6) is 0 Å². The number of rotatable bonds is 6. The van der Waals surface area contributed by atoms with E-state index in [1.807, 2.05) is 53.4 Å². The molecule has 0 radical (unpaired) electrons. The number of hydrogen-bond donors (Lipinski definition) is 2. The van der Waals surface area contributed by atoms with Gasteiger partial charge in [-0.2, -0.15) is 15.3 Å². The first-order valence-electron chi connectivity index (χ1n) is 12.3. The van der Waals surface area contributed by atoms with E-state index in [-0.39, 0.29) is 0 Å². The van der Waals surface area contributed by atoms with Gasteiger partial charge in [-0.25, -0.2) is 4.99 Å². The highest BCUT2D eigenvalue weighted by molar-refractivity contribution is 5.97. The second kappa shape index (κ2) is 9.30. The highest BCUT2D eigenvalue weighted by atomic mass is 15.3. The molecular formula is C28H28N8. The molecule has 2 aliphatic rings. The quantitative estimate of drug-likeness (QED) is 0.414. The van der Waals surface area contributed by atoms with Gasteiger partial charge in [-0.15, -0.1) is 0 Å². The predicted molar refractivity (Wildman–Crippen MR) is 143 cm³/mol. The third-order valence-corrected chi connectivity index (χ3v) is 6.71. The second-order valence-corrected chi connectivity index (χ2v) is 9.05. The van der Waals surface area contributed by atoms with Gasteiger partial charge in [0.05, 0.1) is 17.6 Å². The Morgan fingerprint density at radius 2 is 2.06 bits per heavy atom. The maximum atomic E-state index is 4.90. The minimum Gasteiger partial charge on any atom is -0.323 e. The number of aromatic nitrogens is 6. The van der Waals surface area contributed by atoms with Crippen LogP contribution in [0.1, 0.15) is 35.9 Å². The zero-order valence-electron chi connectivity index (χ0n) is 20.4. The van der Waals surface area contributed by atoms with E-state index in [1.165, 1.54) is 28.0 Å². The summed E-state index contributed by atoms with van der Waals surface area (Å²) in [4.78, 5) is 4.76. The number of anilines is 1. The lowest BCUT2D eigenvalue weighted by Crippen LogP contribution is -2.08. The number of nitrogens with zero attached hydrogens (tertiary/aromatic N) is 6. The Balaban J connectivity index is 1.30. The lowest BCUT2D eigenvalue weighted by Gasteiger charge is -2.18. The Kier molecular flexibility index (Phi) is 5.69. The number of H-pyrrole nitrogens is 1. The lowest BCUT2D eigenvalue weighted by molar-refractivity contribution is 0.662. The molecule has 0 fully saturated rings. The molecule has 1 aliphatic heterocycles. The molecule has 4 heterocycles. The van der Waals surface area contributed by atoms with Crippen molar-refractivity contribution in [2.45, 2.75) is 32.7 Å². The second-order valence-electron chi connectivity index (χ2n) is 9.05. The minimum absolute atomic E-state index is 0.771. The molecule has 1 aromatic carbocycles. The molecule has 0 saturated heterocycles. The van der Waals surface area contributed by atoms with Crippen molar-refractivity contribution in [3.05, 3.63) is 101 Å². The van der Waals surface area contributed by atoms with Gasteiger partial charge in [0.2, 0.25) is 0 Å². The molecule has 3 aromatic heterocycles. The van der Waals surface area contributed by atoms with E-state index in [0.29, 0.717) is 0 Å². The van der Waals surface area contributed by atoms with Crippen LogP contribution in [-0.4, -0.2) is 36.0 Å². The monoisotopic (exact) mass is 476 g/mol. The van der Waals surface area contributed by atoms with Crippen LogP contribution in [0.25, 0.3) is 16.7 Å². The molecule has 0 spiro atoms. The molecule has 0 atom stereocenters. The van der Waals surface area contributed by atoms with Crippen molar-refractivity contribution in [3.63, 3.8) is 0 Å². The van der Waals surface area contributed by atoms with Gasteiger partial charge in [0.25, 0.3) is 0 Å². The number of aliphatic imine (C=N–C) groups is 1. The van der Waals surface area contributed by atoms with Crippen LogP contribution in [-0.2, 0) is 26.4 Å². The van der Waals surface area contributed by atoms with Crippen LogP contribution in [0.3, 0.4) is 0 Å².